The molecule has 0 unspecified atom stereocenters. The Morgan fingerprint density at radius 2 is 1.79 bits per heavy atom. The van der Waals surface area contributed by atoms with E-state index in [1.807, 2.05) is 23.1 Å². The van der Waals surface area contributed by atoms with E-state index in [9.17, 15) is 9.59 Å². The smallest absolute Gasteiger partial charge is 0.242 e. The Hall–Kier alpha value is -1.25. The van der Waals surface area contributed by atoms with Crippen LogP contribution < -0.4 is 16.0 Å². The van der Waals surface area contributed by atoms with E-state index < -0.39 is 5.54 Å². The van der Waals surface area contributed by atoms with Gasteiger partial charge in [0.1, 0.15) is 0 Å². The van der Waals surface area contributed by atoms with E-state index in [1.165, 1.54) is 5.69 Å². The van der Waals surface area contributed by atoms with Crippen LogP contribution in [-0.2, 0) is 9.59 Å². The third-order valence-corrected chi connectivity index (χ3v) is 7.59. The highest BCUT2D eigenvalue weighted by Crippen LogP contribution is 2.41. The number of rotatable bonds is 5. The van der Waals surface area contributed by atoms with Gasteiger partial charge in [0.2, 0.25) is 11.8 Å². The zero-order valence-electron chi connectivity index (χ0n) is 20.1. The second-order valence-corrected chi connectivity index (χ2v) is 10.7. The summed E-state index contributed by atoms with van der Waals surface area (Å²) in [5.74, 6) is 0.145. The van der Waals surface area contributed by atoms with Crippen LogP contribution in [0.2, 0.25) is 5.02 Å². The number of hydrogen-bond acceptors (Lipinski definition) is 5. The Morgan fingerprint density at radius 3 is 2.38 bits per heavy atom. The lowest BCUT2D eigenvalue weighted by Gasteiger charge is -2.39. The van der Waals surface area contributed by atoms with Gasteiger partial charge in [-0.2, -0.15) is 0 Å². The number of likely N-dealkylation sites (tertiary alicyclic amines) is 1. The van der Waals surface area contributed by atoms with Crippen LogP contribution in [0.3, 0.4) is 0 Å². The number of halogens is 3. The van der Waals surface area contributed by atoms with Crippen molar-refractivity contribution in [2.75, 3.05) is 50.7 Å². The Bertz CT molecular complexity index is 847. The van der Waals surface area contributed by atoms with Crippen molar-refractivity contribution >= 4 is 53.9 Å². The molecule has 3 N–H and O–H groups in total. The molecule has 2 amide bonds. The van der Waals surface area contributed by atoms with E-state index in [2.05, 4.69) is 21.2 Å². The molecule has 0 aromatic heterocycles. The van der Waals surface area contributed by atoms with Crippen LogP contribution >= 0.6 is 36.4 Å². The van der Waals surface area contributed by atoms with Crippen LogP contribution in [0.15, 0.2) is 24.3 Å². The SMILES string of the molecule is CC(C)(N)C(=O)N1CCC2(CC1)C[C@H](CCN1CCN(c3cccc(Cl)c3)CC1)NC2=O.Cl.Cl. The second kappa shape index (κ2) is 11.7. The van der Waals surface area contributed by atoms with Crippen molar-refractivity contribution in [3.05, 3.63) is 29.3 Å². The summed E-state index contributed by atoms with van der Waals surface area (Å²) in [7, 11) is 0. The number of anilines is 1. The van der Waals surface area contributed by atoms with Gasteiger partial charge in [-0.1, -0.05) is 17.7 Å². The first-order valence-electron chi connectivity index (χ1n) is 11.8. The van der Waals surface area contributed by atoms with E-state index in [1.54, 1.807) is 13.8 Å². The topological polar surface area (TPSA) is 81.9 Å². The molecule has 1 spiro atoms. The first kappa shape index (κ1) is 29.0. The molecule has 1 aromatic carbocycles. The Labute approximate surface area is 220 Å². The number of amides is 2. The van der Waals surface area contributed by atoms with E-state index in [4.69, 9.17) is 17.3 Å². The fraction of sp³-hybridized carbons (Fsp3) is 0.667. The van der Waals surface area contributed by atoms with Gasteiger partial charge in [0.15, 0.2) is 0 Å². The van der Waals surface area contributed by atoms with Gasteiger partial charge in [-0.3, -0.25) is 14.5 Å². The molecule has 34 heavy (non-hydrogen) atoms. The Kier molecular flexibility index (Phi) is 9.94. The highest BCUT2D eigenvalue weighted by Gasteiger charge is 2.49. The Balaban J connectivity index is 0.00000204. The lowest BCUT2D eigenvalue weighted by Crippen LogP contribution is -2.55. The number of piperazine rings is 1. The highest BCUT2D eigenvalue weighted by atomic mass is 35.5. The molecule has 0 aliphatic carbocycles. The number of carbonyl (C=O) groups is 2. The molecule has 3 aliphatic rings. The number of benzene rings is 1. The van der Waals surface area contributed by atoms with Gasteiger partial charge in [0.05, 0.1) is 11.0 Å². The summed E-state index contributed by atoms with van der Waals surface area (Å²) in [6.45, 7) is 9.73. The van der Waals surface area contributed by atoms with Crippen LogP contribution in [0.25, 0.3) is 0 Å². The third kappa shape index (κ3) is 6.49. The number of nitrogens with one attached hydrogen (secondary N) is 1. The summed E-state index contributed by atoms with van der Waals surface area (Å²) in [5.41, 5.74) is 5.99. The zero-order valence-corrected chi connectivity index (χ0v) is 22.5. The maximum atomic E-state index is 12.8. The van der Waals surface area contributed by atoms with E-state index in [-0.39, 0.29) is 48.1 Å². The fourth-order valence-corrected chi connectivity index (χ4v) is 5.53. The quantitative estimate of drug-likeness (QED) is 0.607. The molecule has 4 rings (SSSR count). The molecular weight excluding hydrogens is 497 g/mol. The Morgan fingerprint density at radius 1 is 1.15 bits per heavy atom. The minimum Gasteiger partial charge on any atom is -0.369 e. The molecule has 3 fully saturated rings. The minimum absolute atomic E-state index is 0. The first-order valence-corrected chi connectivity index (χ1v) is 12.2. The number of piperidine rings is 1. The zero-order chi connectivity index (χ0) is 22.9. The summed E-state index contributed by atoms with van der Waals surface area (Å²) < 4.78 is 0. The number of nitrogens with zero attached hydrogens (tertiary/aromatic N) is 3. The van der Waals surface area contributed by atoms with Crippen molar-refractivity contribution in [1.82, 2.24) is 15.1 Å². The molecule has 3 aliphatic heterocycles. The molecule has 10 heteroatoms. The lowest BCUT2D eigenvalue weighted by molar-refractivity contribution is -0.141. The second-order valence-electron chi connectivity index (χ2n) is 10.3. The van der Waals surface area contributed by atoms with Crippen LogP contribution in [0.4, 0.5) is 5.69 Å². The van der Waals surface area contributed by atoms with Gasteiger partial charge in [0, 0.05) is 62.6 Å². The van der Waals surface area contributed by atoms with Gasteiger partial charge in [0.25, 0.3) is 0 Å². The van der Waals surface area contributed by atoms with Gasteiger partial charge in [-0.05, 0) is 57.7 Å². The average Bonchev–Trinajstić information content (AvgIpc) is 3.07. The molecule has 7 nitrogen and oxygen atoms in total. The number of hydrogen-bond donors (Lipinski definition) is 2. The molecule has 3 heterocycles. The maximum Gasteiger partial charge on any atom is 0.242 e. The van der Waals surface area contributed by atoms with Crippen molar-refractivity contribution in [1.29, 1.82) is 0 Å². The maximum absolute atomic E-state index is 12.8. The predicted octanol–water partition coefficient (Wildman–Crippen LogP) is 2.93. The molecule has 0 bridgehead atoms. The van der Waals surface area contributed by atoms with Gasteiger partial charge in [-0.15, -0.1) is 24.8 Å². The molecule has 1 atom stereocenters. The predicted molar refractivity (Wildman–Crippen MR) is 142 cm³/mol. The molecular formula is C24H38Cl3N5O2. The number of nitrogens with two attached hydrogens (primary N) is 1. The van der Waals surface area contributed by atoms with Crippen molar-refractivity contribution in [3.63, 3.8) is 0 Å². The molecule has 3 saturated heterocycles. The summed E-state index contributed by atoms with van der Waals surface area (Å²) in [6.07, 6.45) is 3.32. The van der Waals surface area contributed by atoms with Gasteiger partial charge < -0.3 is 20.9 Å². The van der Waals surface area contributed by atoms with Crippen LogP contribution in [0, 0.1) is 5.41 Å². The molecule has 1 aromatic rings. The monoisotopic (exact) mass is 533 g/mol. The minimum atomic E-state index is -0.859. The van der Waals surface area contributed by atoms with Crippen LogP contribution in [-0.4, -0.2) is 79.0 Å². The average molecular weight is 535 g/mol. The van der Waals surface area contributed by atoms with Crippen LogP contribution in [0.5, 0.6) is 0 Å². The van der Waals surface area contributed by atoms with E-state index in [0.717, 1.165) is 63.4 Å². The first-order chi connectivity index (χ1) is 15.2. The summed E-state index contributed by atoms with van der Waals surface area (Å²) >= 11 is 6.14. The summed E-state index contributed by atoms with van der Waals surface area (Å²) in [6, 6.07) is 8.27. The van der Waals surface area contributed by atoms with Crippen molar-refractivity contribution < 1.29 is 9.59 Å². The van der Waals surface area contributed by atoms with Crippen molar-refractivity contribution in [3.8, 4) is 0 Å². The van der Waals surface area contributed by atoms with Crippen molar-refractivity contribution in [2.24, 2.45) is 11.1 Å². The van der Waals surface area contributed by atoms with Gasteiger partial charge in [-0.25, -0.2) is 0 Å². The van der Waals surface area contributed by atoms with E-state index >= 15 is 0 Å². The standard InChI is InChI=1S/C24H36ClN5O2.2ClH/c1-23(2,26)22(32)30-10-7-24(8-11-30)17-19(27-21(24)31)6-9-28-12-14-29(15-13-28)20-5-3-4-18(25)16-20;;/h3-5,16,19H,6-15,17,26H2,1-2H3,(H,27,31);2*1H/t19-;;/m0../s1. The van der Waals surface area contributed by atoms with Gasteiger partial charge >= 0.3 is 0 Å². The molecule has 192 valence electrons. The number of carbonyl (C=O) groups excluding carboxylic acids is 2. The molecule has 0 radical (unpaired) electrons. The fourth-order valence-electron chi connectivity index (χ4n) is 5.35. The molecule has 0 saturated carbocycles. The van der Waals surface area contributed by atoms with Crippen LogP contribution in [0.1, 0.15) is 39.5 Å². The lowest BCUT2D eigenvalue weighted by atomic mass is 9.75. The van der Waals surface area contributed by atoms with E-state index in [0.29, 0.717) is 13.1 Å². The normalized spacial score (nSPS) is 22.7. The third-order valence-electron chi connectivity index (χ3n) is 7.35. The highest BCUT2D eigenvalue weighted by molar-refractivity contribution is 6.30. The largest absolute Gasteiger partial charge is 0.369 e. The summed E-state index contributed by atoms with van der Waals surface area (Å²) in [5, 5.41) is 4.03. The van der Waals surface area contributed by atoms with Crippen molar-refractivity contribution in [2.45, 2.75) is 51.1 Å². The summed E-state index contributed by atoms with van der Waals surface area (Å²) in [4.78, 5) is 32.0.